The van der Waals surface area contributed by atoms with Crippen LogP contribution in [0.15, 0.2) is 48.5 Å². The summed E-state index contributed by atoms with van der Waals surface area (Å²) in [5.41, 5.74) is 3.24. The zero-order valence-electron chi connectivity index (χ0n) is 16.5. The standard InChI is InChI=1S/C19H33.C5H5.Fe/c1-3-5-7-8-9-10-11-12-15-19-17-13-16-18(19)14-6-4-2;1-2-4-5-3-1;/h13,16-17H,3-12,14-15H2,1-2H3;1-5H;/q2*-1;+2. The Morgan fingerprint density at radius 2 is 1.36 bits per heavy atom. The van der Waals surface area contributed by atoms with Crippen molar-refractivity contribution < 1.29 is 17.1 Å². The molecule has 0 nitrogen and oxygen atoms in total. The van der Waals surface area contributed by atoms with Crippen LogP contribution in [0.25, 0.3) is 0 Å². The fraction of sp³-hybridized carbons (Fsp3) is 0.583. The third-order valence-corrected chi connectivity index (χ3v) is 4.66. The van der Waals surface area contributed by atoms with Gasteiger partial charge in [0, 0.05) is 0 Å². The summed E-state index contributed by atoms with van der Waals surface area (Å²) >= 11 is 0. The van der Waals surface area contributed by atoms with E-state index in [-0.39, 0.29) is 17.1 Å². The molecule has 0 aliphatic heterocycles. The number of unbranched alkanes of at least 4 members (excludes halogenated alkanes) is 8. The first kappa shape index (κ1) is 24.2. The average molecular weight is 382 g/mol. The molecule has 142 valence electrons. The van der Waals surface area contributed by atoms with Gasteiger partial charge in [-0.2, -0.15) is 35.4 Å². The number of aryl methyl sites for hydroxylation is 2. The monoisotopic (exact) mass is 382 g/mol. The molecule has 2 aromatic rings. The van der Waals surface area contributed by atoms with Gasteiger partial charge in [-0.1, -0.05) is 90.9 Å². The largest absolute Gasteiger partial charge is 2.00 e. The van der Waals surface area contributed by atoms with Crippen molar-refractivity contribution >= 4 is 0 Å². The second-order valence-electron chi connectivity index (χ2n) is 6.87. The fourth-order valence-corrected chi connectivity index (χ4v) is 3.12. The first-order valence-corrected chi connectivity index (χ1v) is 10.3. The normalized spacial score (nSPS) is 10.0. The predicted molar refractivity (Wildman–Crippen MR) is 109 cm³/mol. The second kappa shape index (κ2) is 18.0. The maximum Gasteiger partial charge on any atom is 2.00 e. The summed E-state index contributed by atoms with van der Waals surface area (Å²) in [5.74, 6) is 0. The fourth-order valence-electron chi connectivity index (χ4n) is 3.12. The Kier molecular flexibility index (Phi) is 17.5. The van der Waals surface area contributed by atoms with Crippen molar-refractivity contribution in [3.05, 3.63) is 59.7 Å². The van der Waals surface area contributed by atoms with Crippen LogP contribution in [0, 0.1) is 0 Å². The third kappa shape index (κ3) is 13.1. The summed E-state index contributed by atoms with van der Waals surface area (Å²) in [6.45, 7) is 4.57. The van der Waals surface area contributed by atoms with Crippen molar-refractivity contribution in [1.29, 1.82) is 0 Å². The molecule has 0 heterocycles. The van der Waals surface area contributed by atoms with Crippen molar-refractivity contribution in [3.63, 3.8) is 0 Å². The van der Waals surface area contributed by atoms with E-state index in [2.05, 4.69) is 32.0 Å². The first-order valence-electron chi connectivity index (χ1n) is 10.3. The minimum atomic E-state index is 0. The van der Waals surface area contributed by atoms with Crippen molar-refractivity contribution in [2.24, 2.45) is 0 Å². The molecule has 0 aliphatic rings. The van der Waals surface area contributed by atoms with Gasteiger partial charge in [0.1, 0.15) is 0 Å². The Morgan fingerprint density at radius 1 is 0.760 bits per heavy atom. The zero-order chi connectivity index (χ0) is 17.3. The van der Waals surface area contributed by atoms with E-state index in [1.54, 1.807) is 11.1 Å². The van der Waals surface area contributed by atoms with Gasteiger partial charge in [-0.05, 0) is 0 Å². The molecular formula is C24H38Fe. The molecule has 0 spiro atoms. The molecule has 0 atom stereocenters. The van der Waals surface area contributed by atoms with Crippen LogP contribution >= 0.6 is 0 Å². The van der Waals surface area contributed by atoms with Gasteiger partial charge in [0.05, 0.1) is 0 Å². The third-order valence-electron chi connectivity index (χ3n) is 4.66. The molecule has 25 heavy (non-hydrogen) atoms. The van der Waals surface area contributed by atoms with Gasteiger partial charge in [0.2, 0.25) is 0 Å². The minimum Gasteiger partial charge on any atom is -0.214 e. The van der Waals surface area contributed by atoms with Gasteiger partial charge in [-0.3, -0.25) is 0 Å². The van der Waals surface area contributed by atoms with E-state index in [0.29, 0.717) is 0 Å². The van der Waals surface area contributed by atoms with Crippen LogP contribution in [0.4, 0.5) is 0 Å². The molecule has 0 aromatic heterocycles. The van der Waals surface area contributed by atoms with Crippen LogP contribution in [0.1, 0.15) is 89.2 Å². The maximum absolute atomic E-state index is 2.34. The van der Waals surface area contributed by atoms with Gasteiger partial charge < -0.3 is 0 Å². The van der Waals surface area contributed by atoms with E-state index in [9.17, 15) is 0 Å². The van der Waals surface area contributed by atoms with Crippen molar-refractivity contribution in [3.8, 4) is 0 Å². The Morgan fingerprint density at radius 3 is 1.92 bits per heavy atom. The van der Waals surface area contributed by atoms with Crippen LogP contribution in [-0.2, 0) is 29.9 Å². The summed E-state index contributed by atoms with van der Waals surface area (Å²) in [5, 5.41) is 0. The smallest absolute Gasteiger partial charge is 0.214 e. The Balaban J connectivity index is 0.000000820. The molecule has 0 fully saturated rings. The van der Waals surface area contributed by atoms with Crippen LogP contribution in [-0.4, -0.2) is 0 Å². The molecule has 0 unspecified atom stereocenters. The summed E-state index contributed by atoms with van der Waals surface area (Å²) in [6.07, 6.45) is 16.6. The van der Waals surface area contributed by atoms with Crippen molar-refractivity contribution in [1.82, 2.24) is 0 Å². The second-order valence-corrected chi connectivity index (χ2v) is 6.87. The summed E-state index contributed by atoms with van der Waals surface area (Å²) < 4.78 is 0. The van der Waals surface area contributed by atoms with Gasteiger partial charge >= 0.3 is 17.1 Å². The first-order chi connectivity index (χ1) is 11.9. The molecule has 0 amide bonds. The van der Waals surface area contributed by atoms with E-state index in [1.165, 1.54) is 77.0 Å². The van der Waals surface area contributed by atoms with E-state index in [1.807, 2.05) is 30.3 Å². The average Bonchev–Trinajstić information content (AvgIpc) is 3.30. The number of hydrogen-bond acceptors (Lipinski definition) is 0. The van der Waals surface area contributed by atoms with Gasteiger partial charge in [0.25, 0.3) is 0 Å². The van der Waals surface area contributed by atoms with E-state index in [0.717, 1.165) is 0 Å². The topological polar surface area (TPSA) is 0 Å². The molecule has 0 bridgehead atoms. The van der Waals surface area contributed by atoms with Gasteiger partial charge in [0.15, 0.2) is 0 Å². The van der Waals surface area contributed by atoms with E-state index in [4.69, 9.17) is 0 Å². The summed E-state index contributed by atoms with van der Waals surface area (Å²) in [6, 6.07) is 16.9. The summed E-state index contributed by atoms with van der Waals surface area (Å²) in [7, 11) is 0. The maximum atomic E-state index is 2.34. The Bertz CT molecular complexity index is 435. The molecular weight excluding hydrogens is 344 g/mol. The van der Waals surface area contributed by atoms with Crippen LogP contribution in [0.5, 0.6) is 0 Å². The molecule has 0 saturated carbocycles. The molecule has 2 rings (SSSR count). The van der Waals surface area contributed by atoms with Crippen LogP contribution in [0.2, 0.25) is 0 Å². The summed E-state index contributed by atoms with van der Waals surface area (Å²) in [4.78, 5) is 0. The molecule has 0 saturated heterocycles. The van der Waals surface area contributed by atoms with E-state index >= 15 is 0 Å². The van der Waals surface area contributed by atoms with Crippen molar-refractivity contribution in [2.45, 2.75) is 90.9 Å². The van der Waals surface area contributed by atoms with Crippen molar-refractivity contribution in [2.75, 3.05) is 0 Å². The molecule has 0 N–H and O–H groups in total. The van der Waals surface area contributed by atoms with E-state index < -0.39 is 0 Å². The number of rotatable bonds is 12. The molecule has 1 heteroatoms. The van der Waals surface area contributed by atoms with Gasteiger partial charge in [-0.25, -0.2) is 24.3 Å². The van der Waals surface area contributed by atoms with Crippen LogP contribution < -0.4 is 0 Å². The molecule has 0 radical (unpaired) electrons. The zero-order valence-corrected chi connectivity index (χ0v) is 17.6. The Hall–Kier alpha value is -0.781. The number of hydrogen-bond donors (Lipinski definition) is 0. The minimum absolute atomic E-state index is 0. The SMILES string of the molecule is CCCCCCCCCC[c-]1cccc1CCCC.[Fe+2].c1cc[cH-]c1. The Labute approximate surface area is 167 Å². The molecule has 0 aliphatic carbocycles. The predicted octanol–water partition coefficient (Wildman–Crippen LogP) is 7.83. The van der Waals surface area contributed by atoms with Crippen LogP contribution in [0.3, 0.4) is 0 Å². The molecule has 2 aromatic carbocycles. The van der Waals surface area contributed by atoms with Gasteiger partial charge in [-0.15, -0.1) is 0 Å². The quantitative estimate of drug-likeness (QED) is 0.199.